The predicted molar refractivity (Wildman–Crippen MR) is 92.6 cm³/mol. The maximum atomic E-state index is 12.2. The summed E-state index contributed by atoms with van der Waals surface area (Å²) in [5.74, 6) is 0.770. The second-order valence-corrected chi connectivity index (χ2v) is 6.28. The van der Waals surface area contributed by atoms with Crippen molar-refractivity contribution in [1.29, 1.82) is 0 Å². The molecule has 1 amide bonds. The fourth-order valence-electron chi connectivity index (χ4n) is 2.53. The molecule has 1 aromatic heterocycles. The van der Waals surface area contributed by atoms with E-state index in [-0.39, 0.29) is 36.8 Å². The van der Waals surface area contributed by atoms with Crippen LogP contribution in [0.4, 0.5) is 0 Å². The molecule has 1 fully saturated rings. The van der Waals surface area contributed by atoms with E-state index >= 15 is 0 Å². The quantitative estimate of drug-likeness (QED) is 0.904. The van der Waals surface area contributed by atoms with Crippen LogP contribution in [0.1, 0.15) is 37.4 Å². The number of amides is 1. The highest BCUT2D eigenvalue weighted by atomic mass is 35.5. The molecule has 7 heteroatoms. The highest BCUT2D eigenvalue weighted by molar-refractivity contribution is 7.09. The van der Waals surface area contributed by atoms with E-state index in [1.165, 1.54) is 0 Å². The van der Waals surface area contributed by atoms with E-state index in [9.17, 15) is 4.79 Å². The molecule has 1 saturated heterocycles. The van der Waals surface area contributed by atoms with Gasteiger partial charge >= 0.3 is 0 Å². The van der Waals surface area contributed by atoms with Gasteiger partial charge < -0.3 is 10.6 Å². The van der Waals surface area contributed by atoms with Crippen LogP contribution in [0.3, 0.4) is 0 Å². The number of hydrogen-bond donors (Lipinski definition) is 1. The SMILES string of the molecule is CCc1nc(CC(=O)N2CCC(C(C)N)CC2)cs1.Cl.Cl. The second-order valence-electron chi connectivity index (χ2n) is 5.34. The number of carbonyl (C=O) groups excluding carboxylic acids is 1. The summed E-state index contributed by atoms with van der Waals surface area (Å²) in [4.78, 5) is 18.6. The molecule has 0 spiro atoms. The van der Waals surface area contributed by atoms with Crippen molar-refractivity contribution in [2.75, 3.05) is 13.1 Å². The third kappa shape index (κ3) is 5.74. The summed E-state index contributed by atoms with van der Waals surface area (Å²) in [7, 11) is 0. The Morgan fingerprint density at radius 3 is 2.57 bits per heavy atom. The fourth-order valence-corrected chi connectivity index (χ4v) is 3.28. The lowest BCUT2D eigenvalue weighted by Crippen LogP contribution is -2.43. The smallest absolute Gasteiger partial charge is 0.228 e. The number of thiazole rings is 1. The Labute approximate surface area is 143 Å². The topological polar surface area (TPSA) is 59.2 Å². The van der Waals surface area contributed by atoms with Crippen molar-refractivity contribution in [2.45, 2.75) is 45.6 Å². The van der Waals surface area contributed by atoms with Crippen LogP contribution in [0.5, 0.6) is 0 Å². The van der Waals surface area contributed by atoms with E-state index in [0.29, 0.717) is 12.3 Å². The zero-order valence-electron chi connectivity index (χ0n) is 12.6. The molecule has 1 aromatic rings. The van der Waals surface area contributed by atoms with Crippen molar-refractivity contribution in [1.82, 2.24) is 9.88 Å². The Balaban J connectivity index is 0.00000200. The predicted octanol–water partition coefficient (Wildman–Crippen LogP) is 2.68. The average Bonchev–Trinajstić information content (AvgIpc) is 2.86. The van der Waals surface area contributed by atoms with Crippen molar-refractivity contribution in [3.05, 3.63) is 16.1 Å². The van der Waals surface area contributed by atoms with Gasteiger partial charge in [-0.1, -0.05) is 6.92 Å². The number of rotatable bonds is 4. The zero-order chi connectivity index (χ0) is 13.8. The number of piperidine rings is 1. The minimum Gasteiger partial charge on any atom is -0.342 e. The molecular formula is C14H25Cl2N3OS. The molecule has 0 aliphatic carbocycles. The van der Waals surface area contributed by atoms with Gasteiger partial charge in [0.05, 0.1) is 17.1 Å². The Hall–Kier alpha value is -0.360. The average molecular weight is 354 g/mol. The minimum atomic E-state index is 0. The van der Waals surface area contributed by atoms with E-state index in [1.807, 2.05) is 10.3 Å². The van der Waals surface area contributed by atoms with Gasteiger partial charge in [0.25, 0.3) is 0 Å². The van der Waals surface area contributed by atoms with E-state index in [2.05, 4.69) is 18.8 Å². The van der Waals surface area contributed by atoms with Crippen LogP contribution in [-0.2, 0) is 17.6 Å². The molecule has 1 atom stereocenters. The van der Waals surface area contributed by atoms with E-state index in [0.717, 1.165) is 43.1 Å². The van der Waals surface area contributed by atoms with E-state index < -0.39 is 0 Å². The number of halogens is 2. The van der Waals surface area contributed by atoms with Gasteiger partial charge in [-0.2, -0.15) is 0 Å². The number of hydrogen-bond acceptors (Lipinski definition) is 4. The molecule has 4 nitrogen and oxygen atoms in total. The van der Waals surface area contributed by atoms with E-state index in [1.54, 1.807) is 11.3 Å². The summed E-state index contributed by atoms with van der Waals surface area (Å²) in [5.41, 5.74) is 6.84. The maximum absolute atomic E-state index is 12.2. The summed E-state index contributed by atoms with van der Waals surface area (Å²) in [6.45, 7) is 5.83. The molecule has 0 aromatic carbocycles. The molecule has 2 rings (SSSR count). The normalized spacial score (nSPS) is 16.8. The van der Waals surface area contributed by atoms with Crippen LogP contribution in [-0.4, -0.2) is 34.9 Å². The number of aromatic nitrogens is 1. The first-order valence-electron chi connectivity index (χ1n) is 7.06. The molecule has 1 unspecified atom stereocenters. The Morgan fingerprint density at radius 1 is 1.48 bits per heavy atom. The first-order chi connectivity index (χ1) is 9.10. The molecule has 122 valence electrons. The van der Waals surface area contributed by atoms with E-state index in [4.69, 9.17) is 5.73 Å². The van der Waals surface area contributed by atoms with Crippen LogP contribution in [0.15, 0.2) is 5.38 Å². The van der Waals surface area contributed by atoms with Gasteiger partial charge in [0.15, 0.2) is 0 Å². The van der Waals surface area contributed by atoms with Crippen LogP contribution in [0.25, 0.3) is 0 Å². The number of carbonyl (C=O) groups is 1. The van der Waals surface area contributed by atoms with Crippen LogP contribution < -0.4 is 5.73 Å². The van der Waals surface area contributed by atoms with Crippen molar-refractivity contribution in [2.24, 2.45) is 11.7 Å². The molecule has 1 aliphatic rings. The molecular weight excluding hydrogens is 329 g/mol. The number of aryl methyl sites for hydroxylation is 1. The molecule has 0 bridgehead atoms. The monoisotopic (exact) mass is 353 g/mol. The lowest BCUT2D eigenvalue weighted by molar-refractivity contribution is -0.132. The first kappa shape index (κ1) is 20.6. The number of nitrogens with zero attached hydrogens (tertiary/aromatic N) is 2. The van der Waals surface area contributed by atoms with Gasteiger partial charge in [-0.25, -0.2) is 4.98 Å². The second kappa shape index (κ2) is 9.62. The Kier molecular flexibility index (Phi) is 9.45. The molecule has 0 radical (unpaired) electrons. The summed E-state index contributed by atoms with van der Waals surface area (Å²) in [6, 6.07) is 0.239. The summed E-state index contributed by atoms with van der Waals surface area (Å²) >= 11 is 1.64. The molecule has 2 heterocycles. The lowest BCUT2D eigenvalue weighted by atomic mass is 9.91. The molecule has 0 saturated carbocycles. The third-order valence-corrected chi connectivity index (χ3v) is 4.91. The van der Waals surface area contributed by atoms with Crippen LogP contribution in [0, 0.1) is 5.92 Å². The number of nitrogens with two attached hydrogens (primary N) is 1. The lowest BCUT2D eigenvalue weighted by Gasteiger charge is -2.33. The van der Waals surface area contributed by atoms with Gasteiger partial charge in [0, 0.05) is 24.5 Å². The van der Waals surface area contributed by atoms with Crippen molar-refractivity contribution >= 4 is 42.1 Å². The molecule has 21 heavy (non-hydrogen) atoms. The third-order valence-electron chi connectivity index (χ3n) is 3.87. The van der Waals surface area contributed by atoms with Crippen LogP contribution in [0.2, 0.25) is 0 Å². The summed E-state index contributed by atoms with van der Waals surface area (Å²) in [6.07, 6.45) is 3.44. The van der Waals surface area contributed by atoms with Gasteiger partial charge in [-0.05, 0) is 32.1 Å². The Bertz CT molecular complexity index is 432. The standard InChI is InChI=1S/C14H23N3OS.2ClH/c1-3-13-16-12(9-19-13)8-14(18)17-6-4-11(5-7-17)10(2)15;;/h9-11H,3-8,15H2,1-2H3;2*1H. The van der Waals surface area contributed by atoms with Gasteiger partial charge in [0.1, 0.15) is 0 Å². The highest BCUT2D eigenvalue weighted by Crippen LogP contribution is 2.20. The Morgan fingerprint density at radius 2 is 2.10 bits per heavy atom. The van der Waals surface area contributed by atoms with Crippen molar-refractivity contribution < 1.29 is 4.79 Å². The maximum Gasteiger partial charge on any atom is 0.228 e. The van der Waals surface area contributed by atoms with Gasteiger partial charge in [-0.3, -0.25) is 4.79 Å². The largest absolute Gasteiger partial charge is 0.342 e. The van der Waals surface area contributed by atoms with Gasteiger partial charge in [0.2, 0.25) is 5.91 Å². The number of likely N-dealkylation sites (tertiary alicyclic amines) is 1. The van der Waals surface area contributed by atoms with Crippen molar-refractivity contribution in [3.8, 4) is 0 Å². The van der Waals surface area contributed by atoms with Crippen LogP contribution >= 0.6 is 36.2 Å². The minimum absolute atomic E-state index is 0. The molecule has 2 N–H and O–H groups in total. The first-order valence-corrected chi connectivity index (χ1v) is 7.94. The summed E-state index contributed by atoms with van der Waals surface area (Å²) < 4.78 is 0. The molecule has 1 aliphatic heterocycles. The fraction of sp³-hybridized carbons (Fsp3) is 0.714. The zero-order valence-corrected chi connectivity index (χ0v) is 15.0. The van der Waals surface area contributed by atoms with Crippen molar-refractivity contribution in [3.63, 3.8) is 0 Å². The highest BCUT2D eigenvalue weighted by Gasteiger charge is 2.25. The van der Waals surface area contributed by atoms with Gasteiger partial charge in [-0.15, -0.1) is 36.2 Å². The summed E-state index contributed by atoms with van der Waals surface area (Å²) in [5, 5.41) is 3.12.